The van der Waals surface area contributed by atoms with Crippen LogP contribution in [-0.4, -0.2) is 49.0 Å². The summed E-state index contributed by atoms with van der Waals surface area (Å²) in [5.41, 5.74) is 3.16. The van der Waals surface area contributed by atoms with Crippen molar-refractivity contribution in [1.82, 2.24) is 9.97 Å². The van der Waals surface area contributed by atoms with Gasteiger partial charge in [0.1, 0.15) is 23.1 Å². The van der Waals surface area contributed by atoms with Crippen LogP contribution in [0.5, 0.6) is 0 Å². The summed E-state index contributed by atoms with van der Waals surface area (Å²) in [5, 5.41) is 3.18. The summed E-state index contributed by atoms with van der Waals surface area (Å²) in [4.78, 5) is 26.4. The van der Waals surface area contributed by atoms with Gasteiger partial charge in [0.15, 0.2) is 11.6 Å². The van der Waals surface area contributed by atoms with E-state index in [1.54, 1.807) is 30.6 Å². The predicted octanol–water partition coefficient (Wildman–Crippen LogP) is 5.17. The lowest BCUT2D eigenvalue weighted by Crippen LogP contribution is -2.47. The molecule has 0 amide bonds. The number of nitrogens with zero attached hydrogens (tertiary/aromatic N) is 4. The molecule has 1 fully saturated rings. The Morgan fingerprint density at radius 3 is 2.47 bits per heavy atom. The van der Waals surface area contributed by atoms with Gasteiger partial charge in [0.05, 0.1) is 11.1 Å². The highest BCUT2D eigenvalue weighted by atomic mass is 32.1. The maximum absolute atomic E-state index is 14.7. The first-order chi connectivity index (χ1) is 16.5. The first kappa shape index (κ1) is 22.4. The number of fused-ring (bicyclic) bond motifs is 1. The summed E-state index contributed by atoms with van der Waals surface area (Å²) in [6.07, 6.45) is 0. The number of piperazine rings is 1. The minimum Gasteiger partial charge on any atom is -0.377 e. The Bertz CT molecular complexity index is 1330. The molecule has 0 radical (unpaired) electrons. The van der Waals surface area contributed by atoms with Gasteiger partial charge < -0.3 is 14.5 Å². The normalized spacial score (nSPS) is 14.1. The van der Waals surface area contributed by atoms with Crippen molar-refractivity contribution in [2.45, 2.75) is 13.5 Å². The number of aromatic nitrogens is 2. The minimum atomic E-state index is -0.364. The molecule has 0 saturated carbocycles. The summed E-state index contributed by atoms with van der Waals surface area (Å²) in [6.45, 7) is 4.46. The maximum atomic E-state index is 14.7. The molecular formula is C26H25FN4O2S. The molecule has 4 aromatic rings. The molecule has 34 heavy (non-hydrogen) atoms. The van der Waals surface area contributed by atoms with Crippen molar-refractivity contribution in [3.8, 4) is 11.1 Å². The molecule has 1 saturated heterocycles. The van der Waals surface area contributed by atoms with E-state index < -0.39 is 0 Å². The molecule has 6 nitrogen and oxygen atoms in total. The number of carbonyl (C=O) groups is 1. The van der Waals surface area contributed by atoms with Gasteiger partial charge in [-0.1, -0.05) is 30.3 Å². The van der Waals surface area contributed by atoms with Gasteiger partial charge in [0.2, 0.25) is 0 Å². The van der Waals surface area contributed by atoms with Crippen LogP contribution in [0.1, 0.15) is 23.1 Å². The Hall–Kier alpha value is -3.36. The number of benzene rings is 2. The predicted molar refractivity (Wildman–Crippen MR) is 134 cm³/mol. The lowest BCUT2D eigenvalue weighted by Gasteiger charge is -2.37. The van der Waals surface area contributed by atoms with Crippen molar-refractivity contribution in [1.29, 1.82) is 0 Å². The Kier molecular flexibility index (Phi) is 6.26. The molecule has 0 unspecified atom stereocenters. The van der Waals surface area contributed by atoms with Crippen LogP contribution in [0.4, 0.5) is 15.9 Å². The number of Topliss-reactive ketones (excluding diaryl/α,β-unsaturated/α-hetero) is 1. The standard InChI is InChI=1S/C26H25FN4O2S/c1-17(32)19-8-9-22(21(27)14-19)30-10-12-31(13-11-30)25-24-20(18-6-4-3-5-7-18)16-34-26(24)29-23(28-25)15-33-2/h3-9,14,16H,10-13,15H2,1-2H3. The topological polar surface area (TPSA) is 58.6 Å². The van der Waals surface area contributed by atoms with E-state index in [9.17, 15) is 9.18 Å². The van der Waals surface area contributed by atoms with Gasteiger partial charge in [-0.25, -0.2) is 14.4 Å². The lowest BCUT2D eigenvalue weighted by molar-refractivity contribution is 0.101. The number of ketones is 1. The number of hydrogen-bond acceptors (Lipinski definition) is 7. The quantitative estimate of drug-likeness (QED) is 0.358. The molecule has 174 valence electrons. The highest BCUT2D eigenvalue weighted by Crippen LogP contribution is 2.39. The van der Waals surface area contributed by atoms with E-state index in [-0.39, 0.29) is 11.6 Å². The first-order valence-electron chi connectivity index (χ1n) is 11.2. The van der Waals surface area contributed by atoms with Gasteiger partial charge in [-0.15, -0.1) is 11.3 Å². The van der Waals surface area contributed by atoms with Crippen molar-refractivity contribution in [3.63, 3.8) is 0 Å². The largest absolute Gasteiger partial charge is 0.377 e. The molecule has 0 spiro atoms. The Labute approximate surface area is 201 Å². The summed E-state index contributed by atoms with van der Waals surface area (Å²) in [5.74, 6) is 1.04. The van der Waals surface area contributed by atoms with Gasteiger partial charge in [-0.2, -0.15) is 0 Å². The molecular weight excluding hydrogens is 451 g/mol. The summed E-state index contributed by atoms with van der Waals surface area (Å²) < 4.78 is 20.0. The zero-order chi connectivity index (χ0) is 23.7. The van der Waals surface area contributed by atoms with Crippen LogP contribution in [0.3, 0.4) is 0 Å². The second kappa shape index (κ2) is 9.48. The Morgan fingerprint density at radius 2 is 1.79 bits per heavy atom. The van der Waals surface area contributed by atoms with Crippen molar-refractivity contribution >= 4 is 38.8 Å². The van der Waals surface area contributed by atoms with Crippen LogP contribution in [0.25, 0.3) is 21.3 Å². The Morgan fingerprint density at radius 1 is 1.06 bits per heavy atom. The van der Waals surface area contributed by atoms with Gasteiger partial charge in [0, 0.05) is 49.8 Å². The molecule has 1 aliphatic rings. The van der Waals surface area contributed by atoms with E-state index in [1.165, 1.54) is 13.0 Å². The van der Waals surface area contributed by atoms with Gasteiger partial charge in [-0.3, -0.25) is 4.79 Å². The zero-order valence-electron chi connectivity index (χ0n) is 19.1. The van der Waals surface area contributed by atoms with Crippen LogP contribution < -0.4 is 9.80 Å². The number of methoxy groups -OCH3 is 1. The summed E-state index contributed by atoms with van der Waals surface area (Å²) in [6, 6.07) is 15.0. The molecule has 3 heterocycles. The second-order valence-electron chi connectivity index (χ2n) is 8.29. The van der Waals surface area contributed by atoms with E-state index in [4.69, 9.17) is 14.7 Å². The van der Waals surface area contributed by atoms with E-state index in [1.807, 2.05) is 23.1 Å². The third-order valence-corrected chi connectivity index (χ3v) is 6.97. The van der Waals surface area contributed by atoms with E-state index in [2.05, 4.69) is 22.4 Å². The van der Waals surface area contributed by atoms with Crippen molar-refractivity contribution in [2.75, 3.05) is 43.1 Å². The fraction of sp³-hybridized carbons (Fsp3) is 0.269. The molecule has 0 bridgehead atoms. The fourth-order valence-electron chi connectivity index (χ4n) is 4.36. The van der Waals surface area contributed by atoms with Gasteiger partial charge >= 0.3 is 0 Å². The van der Waals surface area contributed by atoms with Crippen LogP contribution >= 0.6 is 11.3 Å². The fourth-order valence-corrected chi connectivity index (χ4v) is 5.32. The molecule has 1 aliphatic heterocycles. The number of thiophene rings is 1. The molecule has 2 aromatic carbocycles. The summed E-state index contributed by atoms with van der Waals surface area (Å²) >= 11 is 1.61. The number of rotatable bonds is 6. The highest BCUT2D eigenvalue weighted by Gasteiger charge is 2.25. The van der Waals surface area contributed by atoms with Crippen molar-refractivity contribution < 1.29 is 13.9 Å². The SMILES string of the molecule is COCc1nc(N2CCN(c3ccc(C(C)=O)cc3F)CC2)c2c(-c3ccccc3)csc2n1. The number of hydrogen-bond donors (Lipinski definition) is 0. The smallest absolute Gasteiger partial charge is 0.159 e. The molecule has 0 N–H and O–H groups in total. The second-order valence-corrected chi connectivity index (χ2v) is 9.15. The maximum Gasteiger partial charge on any atom is 0.159 e. The van der Waals surface area contributed by atoms with Gasteiger partial charge in [-0.05, 0) is 30.7 Å². The van der Waals surface area contributed by atoms with Crippen molar-refractivity contribution in [3.05, 3.63) is 71.1 Å². The molecule has 2 aromatic heterocycles. The van der Waals surface area contributed by atoms with Crippen LogP contribution in [-0.2, 0) is 11.3 Å². The third kappa shape index (κ3) is 4.26. The zero-order valence-corrected chi connectivity index (χ0v) is 19.9. The summed E-state index contributed by atoms with van der Waals surface area (Å²) in [7, 11) is 1.64. The van der Waals surface area contributed by atoms with Crippen LogP contribution in [0.2, 0.25) is 0 Å². The monoisotopic (exact) mass is 476 g/mol. The van der Waals surface area contributed by atoms with E-state index in [0.717, 1.165) is 27.2 Å². The number of halogens is 1. The van der Waals surface area contributed by atoms with Gasteiger partial charge in [0.25, 0.3) is 0 Å². The molecule has 0 atom stereocenters. The lowest BCUT2D eigenvalue weighted by atomic mass is 10.1. The number of carbonyl (C=O) groups excluding carboxylic acids is 1. The number of anilines is 2. The average molecular weight is 477 g/mol. The third-order valence-electron chi connectivity index (χ3n) is 6.09. The Balaban J connectivity index is 1.46. The van der Waals surface area contributed by atoms with Crippen LogP contribution in [0, 0.1) is 5.82 Å². The molecule has 8 heteroatoms. The highest BCUT2D eigenvalue weighted by molar-refractivity contribution is 7.17. The minimum absolute atomic E-state index is 0.139. The average Bonchev–Trinajstić information content (AvgIpc) is 3.28. The molecule has 0 aliphatic carbocycles. The van der Waals surface area contributed by atoms with E-state index >= 15 is 0 Å². The number of ether oxygens (including phenoxy) is 1. The van der Waals surface area contributed by atoms with Crippen molar-refractivity contribution in [2.24, 2.45) is 0 Å². The molecule has 5 rings (SSSR count). The van der Waals surface area contributed by atoms with Crippen LogP contribution in [0.15, 0.2) is 53.9 Å². The first-order valence-corrected chi connectivity index (χ1v) is 12.1. The van der Waals surface area contributed by atoms with E-state index in [0.29, 0.717) is 49.9 Å².